The fraction of sp³-hybridized carbons (Fsp3) is 0.182. The van der Waals surface area contributed by atoms with E-state index >= 15 is 0 Å². The van der Waals surface area contributed by atoms with Crippen LogP contribution in [-0.4, -0.2) is 18.6 Å². The Labute approximate surface area is 96.2 Å². The van der Waals surface area contributed by atoms with Gasteiger partial charge in [0.15, 0.2) is 5.82 Å². The normalized spacial score (nSPS) is 10.6. The molecule has 6 heteroatoms. The third-order valence-corrected chi connectivity index (χ3v) is 2.09. The summed E-state index contributed by atoms with van der Waals surface area (Å²) >= 11 is 0. The van der Waals surface area contributed by atoms with Crippen LogP contribution in [0.4, 0.5) is 14.6 Å². The molecule has 0 aliphatic rings. The van der Waals surface area contributed by atoms with E-state index in [1.54, 1.807) is 19.2 Å². The number of rotatable bonds is 4. The van der Waals surface area contributed by atoms with E-state index in [0.29, 0.717) is 17.3 Å². The molecule has 2 aromatic rings. The quantitative estimate of drug-likeness (QED) is 0.892. The number of nitrogens with zero attached hydrogens (tertiary/aromatic N) is 1. The number of aromatic nitrogens is 1. The molecule has 0 saturated heterocycles. The van der Waals surface area contributed by atoms with Crippen molar-refractivity contribution in [2.45, 2.75) is 6.61 Å². The lowest BCUT2D eigenvalue weighted by atomic mass is 10.2. The highest BCUT2D eigenvalue weighted by atomic mass is 19.3. The Hall–Kier alpha value is -2.11. The number of anilines is 1. The van der Waals surface area contributed by atoms with Crippen LogP contribution in [-0.2, 0) is 0 Å². The van der Waals surface area contributed by atoms with E-state index in [0.717, 1.165) is 0 Å². The van der Waals surface area contributed by atoms with Gasteiger partial charge in [-0.2, -0.15) is 13.8 Å². The molecule has 0 bridgehead atoms. The Morgan fingerprint density at radius 2 is 2.00 bits per heavy atom. The number of nitrogens with one attached hydrogen (secondary N) is 1. The summed E-state index contributed by atoms with van der Waals surface area (Å²) in [6, 6.07) is 6.07. The molecule has 0 atom stereocenters. The Morgan fingerprint density at radius 3 is 2.53 bits per heavy atom. The van der Waals surface area contributed by atoms with Crippen molar-refractivity contribution in [2.75, 3.05) is 12.4 Å². The first kappa shape index (κ1) is 11.4. The Balaban J connectivity index is 2.17. The highest BCUT2D eigenvalue weighted by Crippen LogP contribution is 2.23. The van der Waals surface area contributed by atoms with Crippen LogP contribution in [0.1, 0.15) is 0 Å². The molecule has 0 fully saturated rings. The lowest BCUT2D eigenvalue weighted by Crippen LogP contribution is -2.01. The number of ether oxygens (including phenoxy) is 1. The Bertz CT molecular complexity index is 482. The van der Waals surface area contributed by atoms with Gasteiger partial charge in [-0.15, -0.1) is 0 Å². The number of hydrogen-bond acceptors (Lipinski definition) is 4. The van der Waals surface area contributed by atoms with Crippen LogP contribution in [0.2, 0.25) is 0 Å². The molecule has 0 aliphatic carbocycles. The molecule has 1 aromatic carbocycles. The molecule has 4 nitrogen and oxygen atoms in total. The van der Waals surface area contributed by atoms with Crippen LogP contribution in [0.15, 0.2) is 34.9 Å². The monoisotopic (exact) mass is 240 g/mol. The molecule has 0 radical (unpaired) electrons. The van der Waals surface area contributed by atoms with Crippen molar-refractivity contribution in [3.8, 4) is 17.2 Å². The SMILES string of the molecule is CNc1coc(-c2ccc(OC(F)F)cc2)n1. The van der Waals surface area contributed by atoms with Gasteiger partial charge in [-0.05, 0) is 24.3 Å². The number of alkyl halides is 2. The smallest absolute Gasteiger partial charge is 0.387 e. The van der Waals surface area contributed by atoms with Crippen molar-refractivity contribution in [2.24, 2.45) is 0 Å². The zero-order chi connectivity index (χ0) is 12.3. The summed E-state index contributed by atoms with van der Waals surface area (Å²) in [4.78, 5) is 4.12. The average molecular weight is 240 g/mol. The Morgan fingerprint density at radius 1 is 1.29 bits per heavy atom. The van der Waals surface area contributed by atoms with Gasteiger partial charge in [0.05, 0.1) is 0 Å². The van der Waals surface area contributed by atoms with Gasteiger partial charge in [0.1, 0.15) is 12.0 Å². The third kappa shape index (κ3) is 2.72. The largest absolute Gasteiger partial charge is 0.442 e. The van der Waals surface area contributed by atoms with Crippen molar-refractivity contribution in [3.05, 3.63) is 30.5 Å². The maximum atomic E-state index is 11.9. The van der Waals surface area contributed by atoms with Gasteiger partial charge in [-0.25, -0.2) is 0 Å². The zero-order valence-electron chi connectivity index (χ0n) is 8.98. The summed E-state index contributed by atoms with van der Waals surface area (Å²) in [5, 5.41) is 2.83. The maximum Gasteiger partial charge on any atom is 0.387 e. The highest BCUT2D eigenvalue weighted by Gasteiger charge is 2.07. The molecule has 0 amide bonds. The molecule has 2 rings (SSSR count). The fourth-order valence-electron chi connectivity index (χ4n) is 1.30. The van der Waals surface area contributed by atoms with E-state index in [-0.39, 0.29) is 5.75 Å². The molecule has 0 unspecified atom stereocenters. The summed E-state index contributed by atoms with van der Waals surface area (Å²) < 4.78 is 33.3. The van der Waals surface area contributed by atoms with Gasteiger partial charge in [-0.3, -0.25) is 0 Å². The summed E-state index contributed by atoms with van der Waals surface area (Å²) in [7, 11) is 1.72. The highest BCUT2D eigenvalue weighted by molar-refractivity contribution is 5.56. The third-order valence-electron chi connectivity index (χ3n) is 2.09. The van der Waals surface area contributed by atoms with Crippen LogP contribution in [0.3, 0.4) is 0 Å². The van der Waals surface area contributed by atoms with Crippen molar-refractivity contribution >= 4 is 5.82 Å². The van der Waals surface area contributed by atoms with Crippen molar-refractivity contribution < 1.29 is 17.9 Å². The molecule has 0 saturated carbocycles. The van der Waals surface area contributed by atoms with Crippen LogP contribution in [0.25, 0.3) is 11.5 Å². The lowest BCUT2D eigenvalue weighted by Gasteiger charge is -2.03. The molecule has 17 heavy (non-hydrogen) atoms. The molecule has 1 N–H and O–H groups in total. The van der Waals surface area contributed by atoms with E-state index < -0.39 is 6.61 Å². The topological polar surface area (TPSA) is 47.3 Å². The van der Waals surface area contributed by atoms with Gasteiger partial charge in [0.25, 0.3) is 0 Å². The number of hydrogen-bond donors (Lipinski definition) is 1. The molecule has 0 aliphatic heterocycles. The minimum Gasteiger partial charge on any atom is -0.442 e. The predicted molar refractivity (Wildman–Crippen MR) is 58.1 cm³/mol. The molecule has 1 aromatic heterocycles. The zero-order valence-corrected chi connectivity index (χ0v) is 8.98. The summed E-state index contributed by atoms with van der Waals surface area (Å²) in [5.74, 6) is 1.12. The second-order valence-corrected chi connectivity index (χ2v) is 3.19. The van der Waals surface area contributed by atoms with E-state index in [1.165, 1.54) is 18.4 Å². The van der Waals surface area contributed by atoms with E-state index in [4.69, 9.17) is 4.42 Å². The summed E-state index contributed by atoms with van der Waals surface area (Å²) in [5.41, 5.74) is 0.688. The second-order valence-electron chi connectivity index (χ2n) is 3.19. The summed E-state index contributed by atoms with van der Waals surface area (Å²) in [6.45, 7) is -2.82. The fourth-order valence-corrected chi connectivity index (χ4v) is 1.30. The molecule has 1 heterocycles. The average Bonchev–Trinajstić information content (AvgIpc) is 2.78. The van der Waals surface area contributed by atoms with Crippen LogP contribution < -0.4 is 10.1 Å². The lowest BCUT2D eigenvalue weighted by molar-refractivity contribution is -0.0498. The minimum absolute atomic E-state index is 0.101. The molecule has 90 valence electrons. The number of halogens is 2. The number of oxazole rings is 1. The standard InChI is InChI=1S/C11H10F2N2O2/c1-14-9-6-16-10(15-9)7-2-4-8(5-3-7)17-11(12)13/h2-6,11,14H,1H3. The first-order chi connectivity index (χ1) is 8.19. The van der Waals surface area contributed by atoms with Crippen LogP contribution in [0.5, 0.6) is 5.75 Å². The van der Waals surface area contributed by atoms with Gasteiger partial charge < -0.3 is 14.5 Å². The van der Waals surface area contributed by atoms with Crippen molar-refractivity contribution in [1.29, 1.82) is 0 Å². The summed E-state index contributed by atoms with van der Waals surface area (Å²) in [6.07, 6.45) is 1.47. The minimum atomic E-state index is -2.82. The van der Waals surface area contributed by atoms with Gasteiger partial charge >= 0.3 is 6.61 Å². The van der Waals surface area contributed by atoms with Crippen LogP contribution in [0, 0.1) is 0 Å². The van der Waals surface area contributed by atoms with Gasteiger partial charge in [-0.1, -0.05) is 0 Å². The van der Waals surface area contributed by atoms with Crippen molar-refractivity contribution in [1.82, 2.24) is 4.98 Å². The van der Waals surface area contributed by atoms with Gasteiger partial charge in [0, 0.05) is 12.6 Å². The van der Waals surface area contributed by atoms with E-state index in [1.807, 2.05) is 0 Å². The first-order valence-corrected chi connectivity index (χ1v) is 4.87. The molecular formula is C11H10F2N2O2. The van der Waals surface area contributed by atoms with Crippen molar-refractivity contribution in [3.63, 3.8) is 0 Å². The molecule has 0 spiro atoms. The number of benzene rings is 1. The molecular weight excluding hydrogens is 230 g/mol. The Kier molecular flexibility index (Phi) is 3.22. The van der Waals surface area contributed by atoms with E-state index in [9.17, 15) is 8.78 Å². The van der Waals surface area contributed by atoms with Gasteiger partial charge in [0.2, 0.25) is 5.89 Å². The maximum absolute atomic E-state index is 11.9. The second kappa shape index (κ2) is 4.82. The van der Waals surface area contributed by atoms with E-state index in [2.05, 4.69) is 15.0 Å². The van der Waals surface area contributed by atoms with Crippen LogP contribution >= 0.6 is 0 Å². The predicted octanol–water partition coefficient (Wildman–Crippen LogP) is 2.98. The first-order valence-electron chi connectivity index (χ1n) is 4.87.